The zero-order chi connectivity index (χ0) is 25.7. The summed E-state index contributed by atoms with van der Waals surface area (Å²) in [5.74, 6) is -1.40. The molecule has 3 aliphatic rings. The lowest BCUT2D eigenvalue weighted by atomic mass is 9.70. The fourth-order valence-electron chi connectivity index (χ4n) is 6.45. The average Bonchev–Trinajstić information content (AvgIpc) is 3.46. The van der Waals surface area contributed by atoms with E-state index in [0.717, 1.165) is 22.5 Å². The minimum absolute atomic E-state index is 0.144. The van der Waals surface area contributed by atoms with Gasteiger partial charge in [0.1, 0.15) is 5.54 Å². The number of rotatable bonds is 4. The van der Waals surface area contributed by atoms with E-state index in [4.69, 9.17) is 5.10 Å². The van der Waals surface area contributed by atoms with Crippen LogP contribution in [0, 0.1) is 11.8 Å². The van der Waals surface area contributed by atoms with Gasteiger partial charge in [0, 0.05) is 12.1 Å². The van der Waals surface area contributed by atoms with Crippen LogP contribution in [0.1, 0.15) is 11.1 Å². The predicted molar refractivity (Wildman–Crippen MR) is 148 cm³/mol. The molecule has 0 spiro atoms. The van der Waals surface area contributed by atoms with Crippen molar-refractivity contribution in [2.75, 3.05) is 23.1 Å². The molecule has 0 unspecified atom stereocenters. The zero-order valence-corrected chi connectivity index (χ0v) is 20.7. The summed E-state index contributed by atoms with van der Waals surface area (Å²) >= 11 is 0. The van der Waals surface area contributed by atoms with Gasteiger partial charge in [-0.25, -0.2) is 4.90 Å². The predicted octanol–water partition coefficient (Wildman–Crippen LogP) is 4.89. The van der Waals surface area contributed by atoms with Gasteiger partial charge in [0.2, 0.25) is 11.8 Å². The standard InChI is InChI=1S/C32H26N4O2/c37-30-27-21-34-22-35(25-17-9-3-10-18-25)33-29(23-13-5-1-6-14-23)32(34,24-15-7-2-8-16-24)28(27)31(38)36(30)26-19-11-4-12-20-26/h1-20,27-28H,21-22H2/t27-,28+,32-/m1/s1. The van der Waals surface area contributed by atoms with Crippen molar-refractivity contribution < 1.29 is 9.59 Å². The van der Waals surface area contributed by atoms with E-state index in [2.05, 4.69) is 17.0 Å². The summed E-state index contributed by atoms with van der Waals surface area (Å²) in [6.07, 6.45) is 0. The number of carbonyl (C=O) groups is 2. The molecule has 0 N–H and O–H groups in total. The van der Waals surface area contributed by atoms with Gasteiger partial charge in [-0.15, -0.1) is 0 Å². The van der Waals surface area contributed by atoms with Gasteiger partial charge in [-0.2, -0.15) is 5.10 Å². The summed E-state index contributed by atoms with van der Waals surface area (Å²) in [5.41, 5.74) is 3.37. The fraction of sp³-hybridized carbons (Fsp3) is 0.156. The Kier molecular flexibility index (Phi) is 5.23. The molecular weight excluding hydrogens is 472 g/mol. The van der Waals surface area contributed by atoms with Crippen LogP contribution in [0.4, 0.5) is 11.4 Å². The van der Waals surface area contributed by atoms with E-state index in [9.17, 15) is 9.59 Å². The molecule has 6 nitrogen and oxygen atoms in total. The summed E-state index contributed by atoms with van der Waals surface area (Å²) in [6, 6.07) is 39.5. The Morgan fingerprint density at radius 2 is 1.21 bits per heavy atom. The van der Waals surface area contributed by atoms with E-state index in [-0.39, 0.29) is 11.8 Å². The second-order valence-electron chi connectivity index (χ2n) is 9.98. The van der Waals surface area contributed by atoms with Gasteiger partial charge in [-0.05, 0) is 29.8 Å². The summed E-state index contributed by atoms with van der Waals surface area (Å²) in [6.45, 7) is 0.927. The lowest BCUT2D eigenvalue weighted by Crippen LogP contribution is -2.60. The van der Waals surface area contributed by atoms with E-state index < -0.39 is 17.4 Å². The van der Waals surface area contributed by atoms with Crippen LogP contribution in [0.15, 0.2) is 126 Å². The van der Waals surface area contributed by atoms with Crippen molar-refractivity contribution in [1.82, 2.24) is 4.90 Å². The van der Waals surface area contributed by atoms with Gasteiger partial charge in [0.25, 0.3) is 0 Å². The highest BCUT2D eigenvalue weighted by Crippen LogP contribution is 2.54. The molecule has 0 radical (unpaired) electrons. The SMILES string of the molecule is O=C1[C@@H]2[C@@H](CN3CN(c4ccccc4)N=C(c4ccccc4)[C@@]23c2ccccc2)C(=O)N1c1ccccc1. The highest BCUT2D eigenvalue weighted by molar-refractivity contribution is 6.25. The molecular formula is C32H26N4O2. The molecule has 3 heterocycles. The van der Waals surface area contributed by atoms with Crippen LogP contribution < -0.4 is 9.91 Å². The van der Waals surface area contributed by atoms with Crippen LogP contribution in [-0.4, -0.2) is 35.6 Å². The van der Waals surface area contributed by atoms with Crippen LogP contribution in [-0.2, 0) is 15.1 Å². The van der Waals surface area contributed by atoms with Crippen LogP contribution in [0.2, 0.25) is 0 Å². The van der Waals surface area contributed by atoms with Gasteiger partial charge < -0.3 is 0 Å². The van der Waals surface area contributed by atoms with Crippen LogP contribution in [0.5, 0.6) is 0 Å². The van der Waals surface area contributed by atoms with Crippen molar-refractivity contribution in [3.05, 3.63) is 132 Å². The molecule has 38 heavy (non-hydrogen) atoms. The normalized spacial score (nSPS) is 24.8. The first-order chi connectivity index (χ1) is 18.7. The Morgan fingerprint density at radius 1 is 0.658 bits per heavy atom. The fourth-order valence-corrected chi connectivity index (χ4v) is 6.45. The van der Waals surface area contributed by atoms with Crippen LogP contribution >= 0.6 is 0 Å². The molecule has 4 aromatic rings. The first-order valence-electron chi connectivity index (χ1n) is 12.9. The second-order valence-corrected chi connectivity index (χ2v) is 9.98. The third-order valence-electron chi connectivity index (χ3n) is 8.01. The van der Waals surface area contributed by atoms with Gasteiger partial charge in [0.05, 0.1) is 35.6 Å². The minimum Gasteiger partial charge on any atom is -0.274 e. The van der Waals surface area contributed by atoms with Gasteiger partial charge >= 0.3 is 0 Å². The quantitative estimate of drug-likeness (QED) is 0.376. The number of imide groups is 1. The van der Waals surface area contributed by atoms with Crippen molar-refractivity contribution in [3.8, 4) is 0 Å². The van der Waals surface area contributed by atoms with Gasteiger partial charge in [-0.1, -0.05) is 97.1 Å². The Labute approximate surface area is 221 Å². The van der Waals surface area contributed by atoms with E-state index in [0.29, 0.717) is 18.9 Å². The Bertz CT molecular complexity index is 1530. The van der Waals surface area contributed by atoms with E-state index >= 15 is 0 Å². The maximum atomic E-state index is 14.4. The number of hydrogen-bond donors (Lipinski definition) is 0. The molecule has 2 saturated heterocycles. The van der Waals surface area contributed by atoms with E-state index in [1.807, 2.05) is 114 Å². The van der Waals surface area contributed by atoms with Crippen molar-refractivity contribution in [3.63, 3.8) is 0 Å². The molecule has 2 amide bonds. The summed E-state index contributed by atoms with van der Waals surface area (Å²) in [7, 11) is 0. The topological polar surface area (TPSA) is 56.2 Å². The smallest absolute Gasteiger partial charge is 0.240 e. The molecule has 7 rings (SSSR count). The number of anilines is 2. The molecule has 6 heteroatoms. The third kappa shape index (κ3) is 3.20. The summed E-state index contributed by atoms with van der Waals surface area (Å²) in [4.78, 5) is 32.0. The maximum Gasteiger partial charge on any atom is 0.240 e. The van der Waals surface area contributed by atoms with Crippen molar-refractivity contribution >= 4 is 28.9 Å². The Hall–Kier alpha value is -4.55. The summed E-state index contributed by atoms with van der Waals surface area (Å²) < 4.78 is 0. The van der Waals surface area contributed by atoms with Crippen LogP contribution in [0.25, 0.3) is 0 Å². The maximum absolute atomic E-state index is 14.4. The minimum atomic E-state index is -0.894. The molecule has 0 bridgehead atoms. The molecule has 3 aliphatic heterocycles. The monoisotopic (exact) mass is 498 g/mol. The highest BCUT2D eigenvalue weighted by atomic mass is 16.2. The number of fused-ring (bicyclic) bond motifs is 3. The second kappa shape index (κ2) is 8.78. The lowest BCUT2D eigenvalue weighted by molar-refractivity contribution is -0.124. The van der Waals surface area contributed by atoms with Crippen molar-refractivity contribution in [2.24, 2.45) is 16.9 Å². The van der Waals surface area contributed by atoms with Crippen molar-refractivity contribution in [2.45, 2.75) is 5.54 Å². The number of carbonyl (C=O) groups excluding carboxylic acids is 2. The summed E-state index contributed by atoms with van der Waals surface area (Å²) in [5, 5.41) is 7.24. The van der Waals surface area contributed by atoms with Gasteiger partial charge in [0.15, 0.2) is 0 Å². The number of nitrogens with zero attached hydrogens (tertiary/aromatic N) is 4. The molecule has 4 aromatic carbocycles. The largest absolute Gasteiger partial charge is 0.274 e. The molecule has 0 aliphatic carbocycles. The Morgan fingerprint density at radius 3 is 1.84 bits per heavy atom. The van der Waals surface area contributed by atoms with Crippen molar-refractivity contribution in [1.29, 1.82) is 0 Å². The average molecular weight is 499 g/mol. The van der Waals surface area contributed by atoms with E-state index in [1.54, 1.807) is 0 Å². The number of benzene rings is 4. The molecule has 0 aromatic heterocycles. The van der Waals surface area contributed by atoms with Crippen LogP contribution in [0.3, 0.4) is 0 Å². The Balaban J connectivity index is 1.48. The molecule has 2 fully saturated rings. The molecule has 0 saturated carbocycles. The number of hydrazone groups is 1. The molecule has 3 atom stereocenters. The van der Waals surface area contributed by atoms with E-state index in [1.165, 1.54) is 4.90 Å². The third-order valence-corrected chi connectivity index (χ3v) is 8.01. The number of hydrogen-bond acceptors (Lipinski definition) is 5. The highest BCUT2D eigenvalue weighted by Gasteiger charge is 2.69. The number of amides is 2. The number of para-hydroxylation sites is 2. The van der Waals surface area contributed by atoms with Gasteiger partial charge in [-0.3, -0.25) is 19.5 Å². The molecule has 186 valence electrons. The first-order valence-corrected chi connectivity index (χ1v) is 12.9. The first kappa shape index (κ1) is 22.6. The zero-order valence-electron chi connectivity index (χ0n) is 20.7. The lowest BCUT2D eigenvalue weighted by Gasteiger charge is -2.48.